The van der Waals surface area contributed by atoms with Crippen molar-refractivity contribution in [2.45, 2.75) is 6.54 Å². The van der Waals surface area contributed by atoms with E-state index < -0.39 is 0 Å². The van der Waals surface area contributed by atoms with E-state index in [2.05, 4.69) is 5.48 Å². The van der Waals surface area contributed by atoms with Crippen LogP contribution in [-0.4, -0.2) is 19.3 Å². The standard InChI is InChI=1S/C9H13ClN2O/c1-12(2)9-4-3-7(6-11-13)5-8(9)10/h3-5,11,13H,6H2,1-2H3. The Morgan fingerprint density at radius 1 is 1.46 bits per heavy atom. The number of hydrogen-bond acceptors (Lipinski definition) is 3. The minimum Gasteiger partial charge on any atom is -0.376 e. The Bertz CT molecular complexity index is 289. The molecular formula is C9H13ClN2O. The molecule has 0 saturated carbocycles. The molecule has 4 heteroatoms. The molecule has 0 radical (unpaired) electrons. The van der Waals surface area contributed by atoms with E-state index in [-0.39, 0.29) is 0 Å². The molecule has 0 aromatic heterocycles. The molecule has 3 nitrogen and oxygen atoms in total. The number of rotatable bonds is 3. The van der Waals surface area contributed by atoms with Gasteiger partial charge in [-0.2, -0.15) is 0 Å². The van der Waals surface area contributed by atoms with Crippen molar-refractivity contribution in [2.75, 3.05) is 19.0 Å². The molecule has 0 bridgehead atoms. The van der Waals surface area contributed by atoms with Gasteiger partial charge in [-0.25, -0.2) is 5.48 Å². The van der Waals surface area contributed by atoms with E-state index in [4.69, 9.17) is 16.8 Å². The van der Waals surface area contributed by atoms with Gasteiger partial charge in [-0.1, -0.05) is 17.7 Å². The molecule has 0 saturated heterocycles. The van der Waals surface area contributed by atoms with Gasteiger partial charge in [-0.05, 0) is 17.7 Å². The molecule has 0 spiro atoms. The lowest BCUT2D eigenvalue weighted by Gasteiger charge is -2.14. The number of nitrogens with one attached hydrogen (secondary N) is 1. The Kier molecular flexibility index (Phi) is 3.54. The second kappa shape index (κ2) is 4.46. The van der Waals surface area contributed by atoms with Gasteiger partial charge >= 0.3 is 0 Å². The molecule has 2 N–H and O–H groups in total. The molecule has 13 heavy (non-hydrogen) atoms. The fraction of sp³-hybridized carbons (Fsp3) is 0.333. The van der Waals surface area contributed by atoms with Crippen LogP contribution in [-0.2, 0) is 6.54 Å². The van der Waals surface area contributed by atoms with Crippen molar-refractivity contribution >= 4 is 17.3 Å². The summed E-state index contributed by atoms with van der Waals surface area (Å²) in [6.45, 7) is 0.410. The third kappa shape index (κ3) is 2.59. The minimum absolute atomic E-state index is 0.410. The fourth-order valence-electron chi connectivity index (χ4n) is 1.11. The molecule has 1 rings (SSSR count). The Hall–Kier alpha value is -0.770. The van der Waals surface area contributed by atoms with Gasteiger partial charge in [0.25, 0.3) is 0 Å². The molecule has 0 unspecified atom stereocenters. The predicted octanol–water partition coefficient (Wildman–Crippen LogP) is 1.88. The first kappa shape index (κ1) is 10.3. The van der Waals surface area contributed by atoms with Gasteiger partial charge in [0.1, 0.15) is 0 Å². The topological polar surface area (TPSA) is 35.5 Å². The van der Waals surface area contributed by atoms with Crippen LogP contribution < -0.4 is 10.4 Å². The highest BCUT2D eigenvalue weighted by atomic mass is 35.5. The Morgan fingerprint density at radius 3 is 2.62 bits per heavy atom. The third-order valence-electron chi connectivity index (χ3n) is 1.78. The van der Waals surface area contributed by atoms with Gasteiger partial charge in [-0.3, -0.25) is 0 Å². The SMILES string of the molecule is CN(C)c1ccc(CNO)cc1Cl. The summed E-state index contributed by atoms with van der Waals surface area (Å²) < 4.78 is 0. The number of anilines is 1. The maximum absolute atomic E-state index is 8.49. The quantitative estimate of drug-likeness (QED) is 0.732. The monoisotopic (exact) mass is 200 g/mol. The van der Waals surface area contributed by atoms with Gasteiger partial charge in [-0.15, -0.1) is 0 Å². The molecule has 72 valence electrons. The van der Waals surface area contributed by atoms with Crippen molar-refractivity contribution in [1.82, 2.24) is 5.48 Å². The molecule has 1 aromatic rings. The van der Waals surface area contributed by atoms with Gasteiger partial charge in [0.2, 0.25) is 0 Å². The van der Waals surface area contributed by atoms with Crippen LogP contribution in [0.4, 0.5) is 5.69 Å². The van der Waals surface area contributed by atoms with E-state index in [1.165, 1.54) is 0 Å². The van der Waals surface area contributed by atoms with Crippen LogP contribution >= 0.6 is 11.6 Å². The average Bonchev–Trinajstić information content (AvgIpc) is 2.04. The summed E-state index contributed by atoms with van der Waals surface area (Å²) in [5.41, 5.74) is 4.02. The summed E-state index contributed by atoms with van der Waals surface area (Å²) in [4.78, 5) is 1.94. The largest absolute Gasteiger partial charge is 0.376 e. The zero-order valence-corrected chi connectivity index (χ0v) is 8.47. The van der Waals surface area contributed by atoms with E-state index in [0.717, 1.165) is 11.3 Å². The second-order valence-corrected chi connectivity index (χ2v) is 3.42. The van der Waals surface area contributed by atoms with Crippen LogP contribution in [0, 0.1) is 0 Å². The lowest BCUT2D eigenvalue weighted by Crippen LogP contribution is -2.10. The Balaban J connectivity index is 2.92. The summed E-state index contributed by atoms with van der Waals surface area (Å²) in [5, 5.41) is 9.18. The van der Waals surface area contributed by atoms with Crippen LogP contribution in [0.2, 0.25) is 5.02 Å². The summed E-state index contributed by atoms with van der Waals surface area (Å²) in [5.74, 6) is 0. The van der Waals surface area contributed by atoms with Crippen molar-refractivity contribution in [2.24, 2.45) is 0 Å². The normalized spacial score (nSPS) is 10.2. The minimum atomic E-state index is 0.410. The molecule has 0 atom stereocenters. The lowest BCUT2D eigenvalue weighted by molar-refractivity contribution is 0.161. The summed E-state index contributed by atoms with van der Waals surface area (Å²) >= 11 is 6.01. The van der Waals surface area contributed by atoms with Crippen molar-refractivity contribution in [3.8, 4) is 0 Å². The van der Waals surface area contributed by atoms with Gasteiger partial charge in [0.05, 0.1) is 10.7 Å². The molecule has 0 amide bonds. The van der Waals surface area contributed by atoms with Crippen molar-refractivity contribution in [3.05, 3.63) is 28.8 Å². The van der Waals surface area contributed by atoms with E-state index >= 15 is 0 Å². The lowest BCUT2D eigenvalue weighted by atomic mass is 10.2. The molecule has 0 aliphatic carbocycles. The number of benzene rings is 1. The summed E-state index contributed by atoms with van der Waals surface area (Å²) in [7, 11) is 3.87. The fourth-order valence-corrected chi connectivity index (χ4v) is 1.49. The summed E-state index contributed by atoms with van der Waals surface area (Å²) in [6, 6.07) is 5.68. The van der Waals surface area contributed by atoms with Crippen molar-refractivity contribution in [1.29, 1.82) is 0 Å². The summed E-state index contributed by atoms with van der Waals surface area (Å²) in [6.07, 6.45) is 0. The number of nitrogens with zero attached hydrogens (tertiary/aromatic N) is 1. The average molecular weight is 201 g/mol. The van der Waals surface area contributed by atoms with Crippen molar-refractivity contribution < 1.29 is 5.21 Å². The predicted molar refractivity (Wildman–Crippen MR) is 54.4 cm³/mol. The highest BCUT2D eigenvalue weighted by molar-refractivity contribution is 6.33. The molecule has 0 fully saturated rings. The van der Waals surface area contributed by atoms with E-state index in [9.17, 15) is 0 Å². The highest BCUT2D eigenvalue weighted by Crippen LogP contribution is 2.24. The Labute approximate surface area is 82.9 Å². The maximum Gasteiger partial charge on any atom is 0.0642 e. The number of hydroxylamine groups is 1. The van der Waals surface area contributed by atoms with Gasteiger partial charge in [0.15, 0.2) is 0 Å². The van der Waals surface area contributed by atoms with E-state index in [1.807, 2.05) is 37.2 Å². The van der Waals surface area contributed by atoms with E-state index in [1.54, 1.807) is 0 Å². The molecule has 0 heterocycles. The van der Waals surface area contributed by atoms with Gasteiger partial charge < -0.3 is 10.1 Å². The second-order valence-electron chi connectivity index (χ2n) is 3.02. The first-order valence-corrected chi connectivity index (χ1v) is 4.35. The zero-order valence-electron chi connectivity index (χ0n) is 7.71. The third-order valence-corrected chi connectivity index (χ3v) is 2.08. The Morgan fingerprint density at radius 2 is 2.15 bits per heavy atom. The smallest absolute Gasteiger partial charge is 0.0642 e. The maximum atomic E-state index is 8.49. The number of halogens is 1. The van der Waals surface area contributed by atoms with Gasteiger partial charge in [0, 0.05) is 20.6 Å². The van der Waals surface area contributed by atoms with Crippen LogP contribution in [0.15, 0.2) is 18.2 Å². The van der Waals surface area contributed by atoms with Crippen LogP contribution in [0.5, 0.6) is 0 Å². The zero-order chi connectivity index (χ0) is 9.84. The van der Waals surface area contributed by atoms with Crippen LogP contribution in [0.25, 0.3) is 0 Å². The molecule has 0 aliphatic rings. The van der Waals surface area contributed by atoms with E-state index in [0.29, 0.717) is 11.6 Å². The first-order chi connectivity index (χ1) is 6.15. The van der Waals surface area contributed by atoms with Crippen molar-refractivity contribution in [3.63, 3.8) is 0 Å². The first-order valence-electron chi connectivity index (χ1n) is 3.98. The molecule has 1 aromatic carbocycles. The molecular weight excluding hydrogens is 188 g/mol. The number of hydrogen-bond donors (Lipinski definition) is 2. The highest BCUT2D eigenvalue weighted by Gasteiger charge is 2.02. The van der Waals surface area contributed by atoms with Crippen LogP contribution in [0.1, 0.15) is 5.56 Å². The molecule has 0 aliphatic heterocycles. The van der Waals surface area contributed by atoms with Crippen LogP contribution in [0.3, 0.4) is 0 Å².